The molecular weight excluding hydrogens is 275 g/mol. The van der Waals surface area contributed by atoms with Gasteiger partial charge in [-0.1, -0.05) is 18.0 Å². The van der Waals surface area contributed by atoms with Gasteiger partial charge in [0.15, 0.2) is 0 Å². The maximum atomic E-state index is 13.0. The largest absolute Gasteiger partial charge is 0.351 e. The SMILES string of the molecule is O=C(NCC1CCCCS1)c1cc(F)cnc1Cl. The van der Waals surface area contributed by atoms with Gasteiger partial charge in [-0.25, -0.2) is 9.37 Å². The lowest BCUT2D eigenvalue weighted by Crippen LogP contribution is -2.32. The van der Waals surface area contributed by atoms with Crippen molar-refractivity contribution >= 4 is 29.3 Å². The minimum Gasteiger partial charge on any atom is -0.351 e. The molecule has 0 bridgehead atoms. The van der Waals surface area contributed by atoms with E-state index in [9.17, 15) is 9.18 Å². The van der Waals surface area contributed by atoms with E-state index in [1.807, 2.05) is 11.8 Å². The number of pyridine rings is 1. The molecule has 2 rings (SSSR count). The number of halogens is 2. The number of nitrogens with zero attached hydrogens (tertiary/aromatic N) is 1. The first-order valence-corrected chi connectivity index (χ1v) is 7.30. The van der Waals surface area contributed by atoms with Crippen molar-refractivity contribution in [1.82, 2.24) is 10.3 Å². The molecule has 1 aliphatic rings. The highest BCUT2D eigenvalue weighted by atomic mass is 35.5. The summed E-state index contributed by atoms with van der Waals surface area (Å²) in [5.41, 5.74) is 0.0949. The normalized spacial score (nSPS) is 19.6. The Morgan fingerprint density at radius 3 is 3.17 bits per heavy atom. The Labute approximate surface area is 115 Å². The molecule has 1 unspecified atom stereocenters. The van der Waals surface area contributed by atoms with Crippen LogP contribution in [0.15, 0.2) is 12.3 Å². The average molecular weight is 289 g/mol. The first-order chi connectivity index (χ1) is 8.66. The van der Waals surface area contributed by atoms with Crippen LogP contribution < -0.4 is 5.32 Å². The Bertz CT molecular complexity index is 438. The molecule has 3 nitrogen and oxygen atoms in total. The molecule has 0 radical (unpaired) electrons. The van der Waals surface area contributed by atoms with E-state index in [1.54, 1.807) is 0 Å². The highest BCUT2D eigenvalue weighted by molar-refractivity contribution is 7.99. The van der Waals surface area contributed by atoms with Gasteiger partial charge in [0, 0.05) is 11.8 Å². The summed E-state index contributed by atoms with van der Waals surface area (Å²) in [5, 5.41) is 3.27. The monoisotopic (exact) mass is 288 g/mol. The van der Waals surface area contributed by atoms with Gasteiger partial charge in [-0.15, -0.1) is 0 Å². The van der Waals surface area contributed by atoms with Crippen molar-refractivity contribution in [3.05, 3.63) is 28.8 Å². The summed E-state index contributed by atoms with van der Waals surface area (Å²) in [6.45, 7) is 0.594. The number of aromatic nitrogens is 1. The van der Waals surface area contributed by atoms with Crippen LogP contribution >= 0.6 is 23.4 Å². The lowest BCUT2D eigenvalue weighted by molar-refractivity contribution is 0.0952. The zero-order valence-corrected chi connectivity index (χ0v) is 11.4. The summed E-state index contributed by atoms with van der Waals surface area (Å²) in [4.78, 5) is 15.5. The summed E-state index contributed by atoms with van der Waals surface area (Å²) in [6, 6.07) is 1.11. The number of thioether (sulfide) groups is 1. The highest BCUT2D eigenvalue weighted by Gasteiger charge is 2.17. The highest BCUT2D eigenvalue weighted by Crippen LogP contribution is 2.24. The van der Waals surface area contributed by atoms with E-state index < -0.39 is 5.82 Å². The fraction of sp³-hybridized carbons (Fsp3) is 0.500. The van der Waals surface area contributed by atoms with E-state index in [2.05, 4.69) is 10.3 Å². The molecule has 98 valence electrons. The number of rotatable bonds is 3. The molecule has 1 N–H and O–H groups in total. The summed E-state index contributed by atoms with van der Waals surface area (Å²) < 4.78 is 13.0. The molecule has 2 heterocycles. The molecule has 1 saturated heterocycles. The molecule has 0 saturated carbocycles. The Balaban J connectivity index is 1.92. The lowest BCUT2D eigenvalue weighted by Gasteiger charge is -2.21. The summed E-state index contributed by atoms with van der Waals surface area (Å²) in [6.07, 6.45) is 4.56. The van der Waals surface area contributed by atoms with Crippen LogP contribution in [0.4, 0.5) is 4.39 Å². The van der Waals surface area contributed by atoms with Gasteiger partial charge < -0.3 is 5.32 Å². The lowest BCUT2D eigenvalue weighted by atomic mass is 10.2. The topological polar surface area (TPSA) is 42.0 Å². The molecule has 0 aromatic carbocycles. The predicted molar refractivity (Wildman–Crippen MR) is 71.6 cm³/mol. The molecular formula is C12H14ClFN2OS. The zero-order chi connectivity index (χ0) is 13.0. The number of amides is 1. The smallest absolute Gasteiger partial charge is 0.254 e. The van der Waals surface area contributed by atoms with E-state index in [-0.39, 0.29) is 16.6 Å². The zero-order valence-electron chi connectivity index (χ0n) is 9.79. The molecule has 1 aliphatic heterocycles. The van der Waals surface area contributed by atoms with Gasteiger partial charge in [0.05, 0.1) is 11.8 Å². The molecule has 0 aliphatic carbocycles. The van der Waals surface area contributed by atoms with Crippen LogP contribution in [0.5, 0.6) is 0 Å². The maximum absolute atomic E-state index is 13.0. The van der Waals surface area contributed by atoms with Crippen LogP contribution in [-0.4, -0.2) is 28.4 Å². The molecule has 1 atom stereocenters. The number of hydrogen-bond donors (Lipinski definition) is 1. The standard InChI is InChI=1S/C12H14ClFN2OS/c13-11-10(5-8(14)6-15-11)12(17)16-7-9-3-1-2-4-18-9/h5-6,9H,1-4,7H2,(H,16,17). The Hall–Kier alpha value is -0.810. The second-order valence-electron chi connectivity index (χ2n) is 4.19. The molecule has 1 aromatic rings. The number of hydrogen-bond acceptors (Lipinski definition) is 3. The predicted octanol–water partition coefficient (Wildman–Crippen LogP) is 2.89. The van der Waals surface area contributed by atoms with Gasteiger partial charge in [-0.05, 0) is 24.7 Å². The van der Waals surface area contributed by atoms with Crippen LogP contribution in [-0.2, 0) is 0 Å². The van der Waals surface area contributed by atoms with Crippen molar-refractivity contribution in [2.45, 2.75) is 24.5 Å². The summed E-state index contributed by atoms with van der Waals surface area (Å²) in [7, 11) is 0. The molecule has 0 spiro atoms. The number of carbonyl (C=O) groups excluding carboxylic acids is 1. The fourth-order valence-electron chi connectivity index (χ4n) is 1.85. The van der Waals surface area contributed by atoms with Crippen molar-refractivity contribution in [2.24, 2.45) is 0 Å². The van der Waals surface area contributed by atoms with Crippen LogP contribution in [0.2, 0.25) is 5.15 Å². The molecule has 1 fully saturated rings. The second-order valence-corrected chi connectivity index (χ2v) is 5.96. The van der Waals surface area contributed by atoms with Crippen LogP contribution in [0.1, 0.15) is 29.6 Å². The van der Waals surface area contributed by atoms with Crippen molar-refractivity contribution in [3.8, 4) is 0 Å². The van der Waals surface area contributed by atoms with Crippen molar-refractivity contribution < 1.29 is 9.18 Å². The summed E-state index contributed by atoms with van der Waals surface area (Å²) in [5.74, 6) is 0.220. The third-order valence-electron chi connectivity index (χ3n) is 2.81. The fourth-order valence-corrected chi connectivity index (χ4v) is 3.28. The number of nitrogens with one attached hydrogen (secondary N) is 1. The first-order valence-electron chi connectivity index (χ1n) is 5.87. The average Bonchev–Trinajstić information content (AvgIpc) is 2.40. The van der Waals surface area contributed by atoms with Gasteiger partial charge in [0.2, 0.25) is 0 Å². The van der Waals surface area contributed by atoms with Crippen LogP contribution in [0.25, 0.3) is 0 Å². The van der Waals surface area contributed by atoms with E-state index in [4.69, 9.17) is 11.6 Å². The number of carbonyl (C=O) groups is 1. The van der Waals surface area contributed by atoms with Gasteiger partial charge >= 0.3 is 0 Å². The van der Waals surface area contributed by atoms with Crippen molar-refractivity contribution in [1.29, 1.82) is 0 Å². The van der Waals surface area contributed by atoms with Crippen molar-refractivity contribution in [3.63, 3.8) is 0 Å². The minimum absolute atomic E-state index is 0.0326. The quantitative estimate of drug-likeness (QED) is 0.870. The third-order valence-corrected chi connectivity index (χ3v) is 4.51. The van der Waals surface area contributed by atoms with Crippen LogP contribution in [0.3, 0.4) is 0 Å². The Kier molecular flexibility index (Phi) is 4.83. The minimum atomic E-state index is -0.559. The molecule has 18 heavy (non-hydrogen) atoms. The van der Waals surface area contributed by atoms with Crippen molar-refractivity contribution in [2.75, 3.05) is 12.3 Å². The van der Waals surface area contributed by atoms with Gasteiger partial charge in [-0.3, -0.25) is 4.79 Å². The van der Waals surface area contributed by atoms with Crippen LogP contribution in [0, 0.1) is 5.82 Å². The van der Waals surface area contributed by atoms with E-state index in [1.165, 1.54) is 12.8 Å². The molecule has 6 heteroatoms. The summed E-state index contributed by atoms with van der Waals surface area (Å²) >= 11 is 7.64. The van der Waals surface area contributed by atoms with Gasteiger partial charge in [0.25, 0.3) is 5.91 Å². The Morgan fingerprint density at radius 1 is 1.61 bits per heavy atom. The van der Waals surface area contributed by atoms with E-state index in [0.29, 0.717) is 11.8 Å². The molecule has 1 amide bonds. The van der Waals surface area contributed by atoms with E-state index >= 15 is 0 Å². The molecule has 1 aromatic heterocycles. The first kappa shape index (κ1) is 13.6. The van der Waals surface area contributed by atoms with Gasteiger partial charge in [0.1, 0.15) is 11.0 Å². The van der Waals surface area contributed by atoms with E-state index in [0.717, 1.165) is 24.4 Å². The van der Waals surface area contributed by atoms with Gasteiger partial charge in [-0.2, -0.15) is 11.8 Å². The second kappa shape index (κ2) is 6.38. The third kappa shape index (κ3) is 3.59. The maximum Gasteiger partial charge on any atom is 0.254 e. The Morgan fingerprint density at radius 2 is 2.44 bits per heavy atom.